The number of pyridine rings is 1. The van der Waals surface area contributed by atoms with Gasteiger partial charge in [0.15, 0.2) is 11.5 Å². The molecule has 7 heteroatoms. The van der Waals surface area contributed by atoms with Gasteiger partial charge in [0.1, 0.15) is 5.56 Å². The zero-order valence-electron chi connectivity index (χ0n) is 13.8. The number of hydrogen-bond donors (Lipinski definition) is 1. The average molecular weight is 329 g/mol. The zero-order valence-corrected chi connectivity index (χ0v) is 13.8. The first-order valence-electron chi connectivity index (χ1n) is 7.35. The van der Waals surface area contributed by atoms with Gasteiger partial charge in [-0.1, -0.05) is 0 Å². The molecule has 0 saturated carbocycles. The average Bonchev–Trinajstić information content (AvgIpc) is 2.61. The van der Waals surface area contributed by atoms with Crippen LogP contribution in [0, 0.1) is 0 Å². The Balaban J connectivity index is 2.12. The number of carbonyl (C=O) groups is 1. The van der Waals surface area contributed by atoms with Crippen molar-refractivity contribution in [2.45, 2.75) is 13.5 Å². The van der Waals surface area contributed by atoms with Gasteiger partial charge >= 0.3 is 0 Å². The summed E-state index contributed by atoms with van der Waals surface area (Å²) < 4.78 is 11.8. The molecule has 0 radical (unpaired) electrons. The van der Waals surface area contributed by atoms with Crippen molar-refractivity contribution in [3.05, 3.63) is 58.0 Å². The summed E-state index contributed by atoms with van der Waals surface area (Å²) in [5.41, 5.74) is 2.76. The third-order valence-electron chi connectivity index (χ3n) is 3.39. The minimum absolute atomic E-state index is 0.0452. The molecule has 1 N–H and O–H groups in total. The Kier molecular flexibility index (Phi) is 5.73. The lowest BCUT2D eigenvalue weighted by molar-refractivity contribution is 0.0953. The Morgan fingerprint density at radius 1 is 1.25 bits per heavy atom. The molecule has 2 rings (SSSR count). The summed E-state index contributed by atoms with van der Waals surface area (Å²) in [6.45, 7) is 2.33. The van der Waals surface area contributed by atoms with Crippen LogP contribution >= 0.6 is 0 Å². The third kappa shape index (κ3) is 3.81. The molecule has 0 bridgehead atoms. The van der Waals surface area contributed by atoms with Crippen molar-refractivity contribution in [2.24, 2.45) is 5.10 Å². The second-order valence-electron chi connectivity index (χ2n) is 4.83. The highest BCUT2D eigenvalue weighted by Crippen LogP contribution is 2.26. The largest absolute Gasteiger partial charge is 0.493 e. The fourth-order valence-corrected chi connectivity index (χ4v) is 2.12. The quantitative estimate of drug-likeness (QED) is 0.645. The molecule has 0 spiro atoms. The molecule has 1 amide bonds. The number of aryl methyl sites for hydroxylation is 1. The van der Waals surface area contributed by atoms with E-state index in [1.807, 2.05) is 6.92 Å². The fraction of sp³-hybridized carbons (Fsp3) is 0.235. The number of hydrogen-bond acceptors (Lipinski definition) is 5. The summed E-state index contributed by atoms with van der Waals surface area (Å²) in [6, 6.07) is 8.34. The van der Waals surface area contributed by atoms with E-state index in [9.17, 15) is 9.59 Å². The van der Waals surface area contributed by atoms with Gasteiger partial charge in [0, 0.05) is 12.7 Å². The van der Waals surface area contributed by atoms with Crippen LogP contribution in [0.4, 0.5) is 0 Å². The van der Waals surface area contributed by atoms with E-state index < -0.39 is 5.91 Å². The van der Waals surface area contributed by atoms with Crippen molar-refractivity contribution < 1.29 is 14.3 Å². The molecule has 1 aromatic carbocycles. The van der Waals surface area contributed by atoms with Gasteiger partial charge in [-0.05, 0) is 42.8 Å². The monoisotopic (exact) mass is 329 g/mol. The SMILES string of the molecule is CCn1cccc(C(=O)N/N=C\c2ccc(OC)c(OC)c2)c1=O. The number of nitrogens with zero attached hydrogens (tertiary/aromatic N) is 2. The Morgan fingerprint density at radius 2 is 2.00 bits per heavy atom. The smallest absolute Gasteiger partial charge is 0.276 e. The van der Waals surface area contributed by atoms with E-state index in [0.717, 1.165) is 0 Å². The third-order valence-corrected chi connectivity index (χ3v) is 3.39. The zero-order chi connectivity index (χ0) is 17.5. The highest BCUT2D eigenvalue weighted by atomic mass is 16.5. The number of rotatable bonds is 6. The van der Waals surface area contributed by atoms with Crippen LogP contribution in [0.2, 0.25) is 0 Å². The molecular weight excluding hydrogens is 310 g/mol. The normalized spacial score (nSPS) is 10.6. The lowest BCUT2D eigenvalue weighted by atomic mass is 10.2. The standard InChI is InChI=1S/C17H19N3O4/c1-4-20-9-5-6-13(17(20)22)16(21)19-18-11-12-7-8-14(23-2)15(10-12)24-3/h5-11H,4H2,1-3H3,(H,19,21)/b18-11-. The molecule has 2 aromatic rings. The van der Waals surface area contributed by atoms with E-state index >= 15 is 0 Å². The molecule has 7 nitrogen and oxygen atoms in total. The number of benzene rings is 1. The van der Waals surface area contributed by atoms with E-state index in [-0.39, 0.29) is 11.1 Å². The van der Waals surface area contributed by atoms with Crippen LogP contribution in [0.5, 0.6) is 11.5 Å². The maximum atomic E-state index is 12.1. The first-order chi connectivity index (χ1) is 11.6. The summed E-state index contributed by atoms with van der Waals surface area (Å²) in [5.74, 6) is 0.601. The van der Waals surface area contributed by atoms with E-state index in [4.69, 9.17) is 9.47 Å². The predicted molar refractivity (Wildman–Crippen MR) is 91.0 cm³/mol. The second kappa shape index (κ2) is 7.96. The van der Waals surface area contributed by atoms with E-state index in [1.165, 1.54) is 24.0 Å². The fourth-order valence-electron chi connectivity index (χ4n) is 2.12. The number of carbonyl (C=O) groups excluding carboxylic acids is 1. The summed E-state index contributed by atoms with van der Waals surface area (Å²) in [4.78, 5) is 24.1. The van der Waals surface area contributed by atoms with Crippen LogP contribution in [0.3, 0.4) is 0 Å². The van der Waals surface area contributed by atoms with Crippen molar-refractivity contribution in [3.63, 3.8) is 0 Å². The van der Waals surface area contributed by atoms with Crippen LogP contribution in [0.15, 0.2) is 46.4 Å². The molecule has 24 heavy (non-hydrogen) atoms. The molecule has 0 saturated heterocycles. The number of hydrazone groups is 1. The number of methoxy groups -OCH3 is 2. The Hall–Kier alpha value is -3.09. The molecule has 0 fully saturated rings. The second-order valence-corrected chi connectivity index (χ2v) is 4.83. The maximum absolute atomic E-state index is 12.1. The topological polar surface area (TPSA) is 81.9 Å². The van der Waals surface area contributed by atoms with Crippen LogP contribution in [-0.2, 0) is 6.54 Å². The molecule has 0 atom stereocenters. The Bertz CT molecular complexity index is 812. The minimum atomic E-state index is -0.556. The van der Waals surface area contributed by atoms with Gasteiger partial charge in [0.25, 0.3) is 11.5 Å². The summed E-state index contributed by atoms with van der Waals surface area (Å²) >= 11 is 0. The summed E-state index contributed by atoms with van der Waals surface area (Å²) in [6.07, 6.45) is 3.09. The lowest BCUT2D eigenvalue weighted by Gasteiger charge is -2.07. The Labute approximate surface area is 139 Å². The van der Waals surface area contributed by atoms with Gasteiger partial charge in [0.2, 0.25) is 0 Å². The molecule has 0 aliphatic rings. The molecule has 1 heterocycles. The lowest BCUT2D eigenvalue weighted by Crippen LogP contribution is -2.30. The first-order valence-corrected chi connectivity index (χ1v) is 7.35. The minimum Gasteiger partial charge on any atom is -0.493 e. The van der Waals surface area contributed by atoms with Crippen molar-refractivity contribution in [1.82, 2.24) is 9.99 Å². The maximum Gasteiger partial charge on any atom is 0.276 e. The van der Waals surface area contributed by atoms with Gasteiger partial charge in [0.05, 0.1) is 20.4 Å². The van der Waals surface area contributed by atoms with E-state index in [0.29, 0.717) is 23.6 Å². The van der Waals surface area contributed by atoms with Crippen molar-refractivity contribution in [2.75, 3.05) is 14.2 Å². The van der Waals surface area contributed by atoms with Gasteiger partial charge < -0.3 is 14.0 Å². The van der Waals surface area contributed by atoms with Crippen LogP contribution < -0.4 is 20.5 Å². The van der Waals surface area contributed by atoms with Crippen molar-refractivity contribution >= 4 is 12.1 Å². The first kappa shape index (κ1) is 17.3. The summed E-state index contributed by atoms with van der Waals surface area (Å²) in [5, 5.41) is 3.88. The highest BCUT2D eigenvalue weighted by Gasteiger charge is 2.10. The van der Waals surface area contributed by atoms with Gasteiger partial charge in [-0.3, -0.25) is 9.59 Å². The van der Waals surface area contributed by atoms with Gasteiger partial charge in [-0.2, -0.15) is 5.10 Å². The molecule has 126 valence electrons. The number of aromatic nitrogens is 1. The Morgan fingerprint density at radius 3 is 2.67 bits per heavy atom. The van der Waals surface area contributed by atoms with E-state index in [1.54, 1.807) is 37.6 Å². The highest BCUT2D eigenvalue weighted by molar-refractivity contribution is 5.94. The van der Waals surface area contributed by atoms with Crippen LogP contribution in [0.25, 0.3) is 0 Å². The number of amides is 1. The van der Waals surface area contributed by atoms with Crippen molar-refractivity contribution in [3.8, 4) is 11.5 Å². The molecular formula is C17H19N3O4. The summed E-state index contributed by atoms with van der Waals surface area (Å²) in [7, 11) is 3.09. The predicted octanol–water partition coefficient (Wildman–Crippen LogP) is 1.65. The van der Waals surface area contributed by atoms with Crippen molar-refractivity contribution in [1.29, 1.82) is 0 Å². The van der Waals surface area contributed by atoms with Gasteiger partial charge in [-0.15, -0.1) is 0 Å². The van der Waals surface area contributed by atoms with Gasteiger partial charge in [-0.25, -0.2) is 5.43 Å². The van der Waals surface area contributed by atoms with Crippen LogP contribution in [0.1, 0.15) is 22.8 Å². The number of ether oxygens (including phenoxy) is 2. The van der Waals surface area contributed by atoms with Crippen LogP contribution in [-0.4, -0.2) is 30.9 Å². The molecule has 0 aliphatic heterocycles. The van der Waals surface area contributed by atoms with E-state index in [2.05, 4.69) is 10.5 Å². The molecule has 0 unspecified atom stereocenters. The molecule has 1 aromatic heterocycles. The molecule has 0 aliphatic carbocycles. The number of nitrogens with one attached hydrogen (secondary N) is 1.